The molecule has 1 saturated heterocycles. The van der Waals surface area contributed by atoms with Crippen molar-refractivity contribution in [3.05, 3.63) is 29.8 Å². The number of Topliss-reactive ketones (excluding diaryl/α,β-unsaturated/α-hetero) is 1. The van der Waals surface area contributed by atoms with Gasteiger partial charge in [0.15, 0.2) is 5.60 Å². The Bertz CT molecular complexity index is 679. The smallest absolute Gasteiger partial charge is 0.340 e. The fraction of sp³-hybridized carbons (Fsp3) is 0.636. The number of carbonyl (C=O) groups excluding carboxylic acids is 2. The van der Waals surface area contributed by atoms with Crippen molar-refractivity contribution in [3.8, 4) is 5.75 Å². The molecular formula is C22H31NO5. The normalized spacial score (nSPS) is 26.4. The fourth-order valence-electron chi connectivity index (χ4n) is 4.56. The highest BCUT2D eigenvalue weighted by molar-refractivity contribution is 5.82. The maximum absolute atomic E-state index is 13.1. The highest BCUT2D eigenvalue weighted by Gasteiger charge is 2.56. The van der Waals surface area contributed by atoms with Crippen LogP contribution in [0.5, 0.6) is 5.75 Å². The average molecular weight is 389 g/mol. The first-order chi connectivity index (χ1) is 13.5. The van der Waals surface area contributed by atoms with Gasteiger partial charge in [0.05, 0.1) is 13.7 Å². The van der Waals surface area contributed by atoms with E-state index in [1.807, 2.05) is 38.1 Å². The first kappa shape index (κ1) is 20.8. The minimum atomic E-state index is -1.03. The van der Waals surface area contributed by atoms with Crippen molar-refractivity contribution in [3.63, 3.8) is 0 Å². The van der Waals surface area contributed by atoms with E-state index in [0.717, 1.165) is 24.2 Å². The summed E-state index contributed by atoms with van der Waals surface area (Å²) in [4.78, 5) is 27.1. The Morgan fingerprint density at radius 3 is 2.39 bits per heavy atom. The Morgan fingerprint density at radius 1 is 1.14 bits per heavy atom. The molecule has 3 rings (SSSR count). The zero-order chi connectivity index (χ0) is 20.1. The van der Waals surface area contributed by atoms with E-state index >= 15 is 0 Å². The first-order valence-electron chi connectivity index (χ1n) is 10.2. The predicted molar refractivity (Wildman–Crippen MR) is 106 cm³/mol. The van der Waals surface area contributed by atoms with E-state index in [0.29, 0.717) is 51.0 Å². The lowest BCUT2D eigenvalue weighted by Crippen LogP contribution is -2.50. The van der Waals surface area contributed by atoms with Crippen LogP contribution in [0, 0.1) is 0 Å². The molecule has 0 radical (unpaired) electrons. The molecule has 0 aromatic heterocycles. The summed E-state index contributed by atoms with van der Waals surface area (Å²) in [7, 11) is 1.64. The van der Waals surface area contributed by atoms with Crippen molar-refractivity contribution < 1.29 is 23.8 Å². The number of rotatable bonds is 7. The van der Waals surface area contributed by atoms with Gasteiger partial charge < -0.3 is 14.2 Å². The standard InChI is InChI=1S/C22H31NO5/c1-4-27-21(25)22(28-5-2)15-23(17-8-10-18(24)11-9-17)14-20(22)16-6-12-19(26-3)13-7-16/h6-7,12-13,17,20H,4-5,8-11,14-15H2,1-3H3/t20-,22-/m0/s1. The SMILES string of the molecule is CCOC(=O)[C@]1(OCC)CN(C2CCC(=O)CC2)C[C@H]1c1ccc(OC)cc1. The van der Waals surface area contributed by atoms with Crippen molar-refractivity contribution in [1.82, 2.24) is 4.90 Å². The van der Waals surface area contributed by atoms with E-state index in [-0.39, 0.29) is 11.9 Å². The second-order valence-corrected chi connectivity index (χ2v) is 7.57. The summed E-state index contributed by atoms with van der Waals surface area (Å²) >= 11 is 0. The molecule has 2 aliphatic rings. The van der Waals surface area contributed by atoms with E-state index in [1.54, 1.807) is 7.11 Å². The van der Waals surface area contributed by atoms with Crippen molar-refractivity contribution >= 4 is 11.8 Å². The number of methoxy groups -OCH3 is 1. The van der Waals surface area contributed by atoms with Crippen molar-refractivity contribution in [2.75, 3.05) is 33.4 Å². The Labute approximate surface area is 167 Å². The number of ether oxygens (including phenoxy) is 3. The summed E-state index contributed by atoms with van der Waals surface area (Å²) in [6.07, 6.45) is 2.93. The summed E-state index contributed by atoms with van der Waals surface area (Å²) < 4.78 is 16.9. The molecule has 1 aromatic rings. The van der Waals surface area contributed by atoms with Gasteiger partial charge in [-0.3, -0.25) is 9.69 Å². The molecule has 6 heteroatoms. The van der Waals surface area contributed by atoms with E-state index < -0.39 is 5.60 Å². The molecule has 154 valence electrons. The van der Waals surface area contributed by atoms with Crippen LogP contribution in [0.2, 0.25) is 0 Å². The third kappa shape index (κ3) is 4.08. The van der Waals surface area contributed by atoms with E-state index in [4.69, 9.17) is 14.2 Å². The zero-order valence-electron chi connectivity index (χ0n) is 17.1. The second kappa shape index (κ2) is 9.05. The number of esters is 1. The molecule has 0 bridgehead atoms. The van der Waals surface area contributed by atoms with Crippen LogP contribution >= 0.6 is 0 Å². The molecule has 1 heterocycles. The van der Waals surface area contributed by atoms with Gasteiger partial charge in [0, 0.05) is 44.5 Å². The van der Waals surface area contributed by atoms with Gasteiger partial charge in [-0.2, -0.15) is 0 Å². The van der Waals surface area contributed by atoms with Gasteiger partial charge in [-0.15, -0.1) is 0 Å². The lowest BCUT2D eigenvalue weighted by atomic mass is 9.84. The van der Waals surface area contributed by atoms with Gasteiger partial charge in [-0.05, 0) is 44.4 Å². The summed E-state index contributed by atoms with van der Waals surface area (Å²) in [5.41, 5.74) is 0.0116. The molecule has 1 aliphatic heterocycles. The van der Waals surface area contributed by atoms with Crippen LogP contribution < -0.4 is 4.74 Å². The Balaban J connectivity index is 1.93. The number of carbonyl (C=O) groups is 2. The summed E-state index contributed by atoms with van der Waals surface area (Å²) in [6.45, 7) is 5.69. The highest BCUT2D eigenvalue weighted by atomic mass is 16.6. The molecule has 0 N–H and O–H groups in total. The fourth-order valence-corrected chi connectivity index (χ4v) is 4.56. The lowest BCUT2D eigenvalue weighted by Gasteiger charge is -2.33. The van der Waals surface area contributed by atoms with Crippen LogP contribution in [-0.4, -0.2) is 61.7 Å². The Hall–Kier alpha value is -1.92. The number of hydrogen-bond donors (Lipinski definition) is 0. The van der Waals surface area contributed by atoms with Crippen LogP contribution in [0.1, 0.15) is 51.0 Å². The molecule has 0 unspecified atom stereocenters. The van der Waals surface area contributed by atoms with Crippen LogP contribution in [0.3, 0.4) is 0 Å². The van der Waals surface area contributed by atoms with E-state index in [9.17, 15) is 9.59 Å². The summed E-state index contributed by atoms with van der Waals surface area (Å²) in [5, 5.41) is 0. The van der Waals surface area contributed by atoms with Gasteiger partial charge in [-0.1, -0.05) is 12.1 Å². The number of likely N-dealkylation sites (tertiary alicyclic amines) is 1. The molecule has 1 saturated carbocycles. The van der Waals surface area contributed by atoms with Gasteiger partial charge in [0.2, 0.25) is 0 Å². The molecule has 2 atom stereocenters. The number of nitrogens with zero attached hydrogens (tertiary/aromatic N) is 1. The zero-order valence-corrected chi connectivity index (χ0v) is 17.1. The van der Waals surface area contributed by atoms with Gasteiger partial charge >= 0.3 is 5.97 Å². The number of ketones is 1. The number of hydrogen-bond acceptors (Lipinski definition) is 6. The number of benzene rings is 1. The van der Waals surface area contributed by atoms with Crippen molar-refractivity contribution in [2.45, 2.75) is 57.1 Å². The first-order valence-corrected chi connectivity index (χ1v) is 10.2. The quantitative estimate of drug-likeness (QED) is 0.668. The summed E-state index contributed by atoms with van der Waals surface area (Å²) in [5.74, 6) is 0.688. The molecule has 0 amide bonds. The average Bonchev–Trinajstić information content (AvgIpc) is 3.10. The maximum atomic E-state index is 13.1. The molecule has 2 fully saturated rings. The van der Waals surface area contributed by atoms with Crippen molar-refractivity contribution in [1.29, 1.82) is 0 Å². The molecular weight excluding hydrogens is 358 g/mol. The van der Waals surface area contributed by atoms with Crippen LogP contribution in [0.25, 0.3) is 0 Å². The third-order valence-electron chi connectivity index (χ3n) is 5.99. The Kier molecular flexibility index (Phi) is 6.73. The minimum Gasteiger partial charge on any atom is -0.497 e. The topological polar surface area (TPSA) is 65.1 Å². The lowest BCUT2D eigenvalue weighted by molar-refractivity contribution is -0.172. The van der Waals surface area contributed by atoms with Crippen LogP contribution in [0.4, 0.5) is 0 Å². The summed E-state index contributed by atoms with van der Waals surface area (Å²) in [6, 6.07) is 8.14. The van der Waals surface area contributed by atoms with Crippen molar-refractivity contribution in [2.24, 2.45) is 0 Å². The minimum absolute atomic E-state index is 0.130. The highest BCUT2D eigenvalue weighted by Crippen LogP contribution is 2.42. The van der Waals surface area contributed by atoms with Gasteiger partial charge in [0.25, 0.3) is 0 Å². The molecule has 28 heavy (non-hydrogen) atoms. The van der Waals surface area contributed by atoms with Gasteiger partial charge in [0.1, 0.15) is 11.5 Å². The maximum Gasteiger partial charge on any atom is 0.340 e. The predicted octanol–water partition coefficient (Wildman–Crippen LogP) is 2.94. The van der Waals surface area contributed by atoms with Crippen LogP contribution in [0.15, 0.2) is 24.3 Å². The molecule has 6 nitrogen and oxygen atoms in total. The third-order valence-corrected chi connectivity index (χ3v) is 5.99. The molecule has 1 aromatic carbocycles. The molecule has 0 spiro atoms. The van der Waals surface area contributed by atoms with E-state index in [1.165, 1.54) is 0 Å². The van der Waals surface area contributed by atoms with Gasteiger partial charge in [-0.25, -0.2) is 4.79 Å². The Morgan fingerprint density at radius 2 is 1.82 bits per heavy atom. The van der Waals surface area contributed by atoms with Crippen LogP contribution in [-0.2, 0) is 19.1 Å². The largest absolute Gasteiger partial charge is 0.497 e. The monoisotopic (exact) mass is 389 g/mol. The second-order valence-electron chi connectivity index (χ2n) is 7.57. The van der Waals surface area contributed by atoms with E-state index in [2.05, 4.69) is 4.90 Å². The molecule has 1 aliphatic carbocycles.